The van der Waals surface area contributed by atoms with Crippen LogP contribution in [-0.4, -0.2) is 81.2 Å². The molecule has 1 heterocycles. The molecule has 4 unspecified atom stereocenters. The highest BCUT2D eigenvalue weighted by molar-refractivity contribution is 7.80. The van der Waals surface area contributed by atoms with E-state index in [2.05, 4.69) is 23.3 Å². The molecule has 0 aromatic carbocycles. The van der Waals surface area contributed by atoms with E-state index in [1.165, 1.54) is 4.90 Å². The van der Waals surface area contributed by atoms with E-state index in [0.29, 0.717) is 12.8 Å². The van der Waals surface area contributed by atoms with Crippen molar-refractivity contribution in [2.45, 2.75) is 70.1 Å². The van der Waals surface area contributed by atoms with E-state index in [0.717, 1.165) is 0 Å². The zero-order chi connectivity index (χ0) is 23.7. The summed E-state index contributed by atoms with van der Waals surface area (Å²) in [6.45, 7) is 3.97. The molecule has 0 aromatic rings. The summed E-state index contributed by atoms with van der Waals surface area (Å²) in [6.07, 6.45) is 0.804. The van der Waals surface area contributed by atoms with Gasteiger partial charge in [-0.15, -0.1) is 0 Å². The van der Waals surface area contributed by atoms with Gasteiger partial charge in [0.15, 0.2) is 0 Å². The summed E-state index contributed by atoms with van der Waals surface area (Å²) < 4.78 is 0. The lowest BCUT2D eigenvalue weighted by molar-refractivity contribution is -0.145. The van der Waals surface area contributed by atoms with Crippen LogP contribution in [0.1, 0.15) is 46.0 Å². The fourth-order valence-electron chi connectivity index (χ4n) is 3.34. The quantitative estimate of drug-likeness (QED) is 0.205. The first-order valence-corrected chi connectivity index (χ1v) is 10.8. The second kappa shape index (κ2) is 12.5. The fourth-order valence-corrected chi connectivity index (χ4v) is 3.59. The maximum Gasteiger partial charge on any atom is 0.326 e. The van der Waals surface area contributed by atoms with Crippen LogP contribution < -0.4 is 16.4 Å². The summed E-state index contributed by atoms with van der Waals surface area (Å²) >= 11 is 4.10. The summed E-state index contributed by atoms with van der Waals surface area (Å²) in [5, 5.41) is 23.0. The summed E-state index contributed by atoms with van der Waals surface area (Å²) in [5.41, 5.74) is 5.68. The normalized spacial score (nSPS) is 18.9. The second-order valence-corrected chi connectivity index (χ2v) is 8.37. The molecule has 3 amide bonds. The molecule has 176 valence electrons. The van der Waals surface area contributed by atoms with Gasteiger partial charge >= 0.3 is 11.9 Å². The molecule has 0 radical (unpaired) electrons. The molecular weight excluding hydrogens is 428 g/mol. The average Bonchev–Trinajstić information content (AvgIpc) is 3.18. The first-order valence-electron chi connectivity index (χ1n) is 10.2. The van der Waals surface area contributed by atoms with E-state index >= 15 is 0 Å². The Morgan fingerprint density at radius 2 is 1.77 bits per heavy atom. The van der Waals surface area contributed by atoms with Crippen LogP contribution >= 0.6 is 12.6 Å². The van der Waals surface area contributed by atoms with Crippen molar-refractivity contribution in [3.63, 3.8) is 0 Å². The maximum atomic E-state index is 12.9. The highest BCUT2D eigenvalue weighted by Gasteiger charge is 2.38. The van der Waals surface area contributed by atoms with Crippen molar-refractivity contribution in [2.75, 3.05) is 12.3 Å². The van der Waals surface area contributed by atoms with Crippen LogP contribution in [0.5, 0.6) is 0 Å². The van der Waals surface area contributed by atoms with Crippen LogP contribution in [0.2, 0.25) is 0 Å². The lowest BCUT2D eigenvalue weighted by Crippen LogP contribution is -2.57. The number of aliphatic carboxylic acids is 2. The SMILES string of the molecule is CC(C)CC(NC(=O)C1CCCN1C(=O)C(CS)NC(=O)C(N)CCC(=O)O)C(=O)O. The van der Waals surface area contributed by atoms with Crippen molar-refractivity contribution in [2.24, 2.45) is 11.7 Å². The summed E-state index contributed by atoms with van der Waals surface area (Å²) in [7, 11) is 0. The zero-order valence-corrected chi connectivity index (χ0v) is 18.6. The molecule has 12 heteroatoms. The Hall–Kier alpha value is -2.34. The molecule has 4 atom stereocenters. The predicted molar refractivity (Wildman–Crippen MR) is 114 cm³/mol. The Labute approximate surface area is 186 Å². The zero-order valence-electron chi connectivity index (χ0n) is 17.7. The van der Waals surface area contributed by atoms with Crippen molar-refractivity contribution in [3.8, 4) is 0 Å². The topological polar surface area (TPSA) is 179 Å². The molecule has 1 aliphatic rings. The van der Waals surface area contributed by atoms with Crippen LogP contribution in [0.3, 0.4) is 0 Å². The number of carbonyl (C=O) groups excluding carboxylic acids is 3. The number of nitrogens with zero attached hydrogens (tertiary/aromatic N) is 1. The first kappa shape index (κ1) is 26.7. The van der Waals surface area contributed by atoms with Crippen molar-refractivity contribution in [1.82, 2.24) is 15.5 Å². The Morgan fingerprint density at radius 3 is 2.29 bits per heavy atom. The number of thiol groups is 1. The van der Waals surface area contributed by atoms with E-state index in [4.69, 9.17) is 10.8 Å². The van der Waals surface area contributed by atoms with Gasteiger partial charge < -0.3 is 31.5 Å². The highest BCUT2D eigenvalue weighted by Crippen LogP contribution is 2.20. The highest BCUT2D eigenvalue weighted by atomic mass is 32.1. The number of rotatable bonds is 12. The standard InChI is InChI=1S/C19H32N4O7S/c1-10(2)8-12(19(29)30)21-17(27)14-4-3-7-23(14)18(28)13(9-31)22-16(26)11(20)5-6-15(24)25/h10-14,31H,3-9,20H2,1-2H3,(H,21,27)(H,22,26)(H,24,25)(H,29,30). The van der Waals surface area contributed by atoms with Gasteiger partial charge in [-0.3, -0.25) is 19.2 Å². The Kier molecular flexibility index (Phi) is 10.8. The minimum absolute atomic E-state index is 0.0494. The van der Waals surface area contributed by atoms with Crippen molar-refractivity contribution >= 4 is 42.3 Å². The number of nitrogens with one attached hydrogen (secondary N) is 2. The van der Waals surface area contributed by atoms with Crippen molar-refractivity contribution in [1.29, 1.82) is 0 Å². The summed E-state index contributed by atoms with van der Waals surface area (Å²) in [5.74, 6) is -3.99. The lowest BCUT2D eigenvalue weighted by atomic mass is 10.0. The Bertz CT molecular complexity index is 688. The number of nitrogens with two attached hydrogens (primary N) is 1. The van der Waals surface area contributed by atoms with Gasteiger partial charge in [0, 0.05) is 18.7 Å². The average molecular weight is 461 g/mol. The van der Waals surface area contributed by atoms with Gasteiger partial charge in [-0.1, -0.05) is 13.8 Å². The molecule has 1 fully saturated rings. The number of carboxylic acid groups (broad SMARTS) is 2. The fraction of sp³-hybridized carbons (Fsp3) is 0.737. The van der Waals surface area contributed by atoms with Crippen molar-refractivity contribution < 1.29 is 34.2 Å². The molecule has 0 saturated carbocycles. The number of hydrogen-bond donors (Lipinski definition) is 6. The summed E-state index contributed by atoms with van der Waals surface area (Å²) in [4.78, 5) is 61.2. The van der Waals surface area contributed by atoms with Gasteiger partial charge in [0.05, 0.1) is 6.04 Å². The third-order valence-electron chi connectivity index (χ3n) is 4.96. The molecule has 6 N–H and O–H groups in total. The predicted octanol–water partition coefficient (Wildman–Crippen LogP) is -0.800. The first-order chi connectivity index (χ1) is 14.5. The molecule has 1 aliphatic heterocycles. The van der Waals surface area contributed by atoms with Gasteiger partial charge in [-0.2, -0.15) is 12.6 Å². The van der Waals surface area contributed by atoms with Crippen LogP contribution in [0, 0.1) is 5.92 Å². The van der Waals surface area contributed by atoms with Crippen LogP contribution in [0.4, 0.5) is 0 Å². The van der Waals surface area contributed by atoms with Gasteiger partial charge in [-0.05, 0) is 31.6 Å². The molecule has 0 aliphatic carbocycles. The number of hydrogen-bond acceptors (Lipinski definition) is 7. The Morgan fingerprint density at radius 1 is 1.13 bits per heavy atom. The summed E-state index contributed by atoms with van der Waals surface area (Å²) in [6, 6.07) is -4.05. The molecule has 31 heavy (non-hydrogen) atoms. The Balaban J connectivity index is 2.80. The molecule has 0 bridgehead atoms. The molecule has 1 saturated heterocycles. The molecule has 0 aromatic heterocycles. The van der Waals surface area contributed by atoms with E-state index in [-0.39, 0.29) is 37.5 Å². The third-order valence-corrected chi connectivity index (χ3v) is 5.33. The van der Waals surface area contributed by atoms with Crippen LogP contribution in [0.25, 0.3) is 0 Å². The van der Waals surface area contributed by atoms with E-state index in [1.54, 1.807) is 0 Å². The van der Waals surface area contributed by atoms with Gasteiger partial charge in [0.2, 0.25) is 17.7 Å². The molecular formula is C19H32N4O7S. The second-order valence-electron chi connectivity index (χ2n) is 8.00. The van der Waals surface area contributed by atoms with Gasteiger partial charge in [-0.25, -0.2) is 4.79 Å². The van der Waals surface area contributed by atoms with Crippen LogP contribution in [-0.2, 0) is 24.0 Å². The van der Waals surface area contributed by atoms with E-state index < -0.39 is 53.8 Å². The number of amides is 3. The van der Waals surface area contributed by atoms with Crippen molar-refractivity contribution in [3.05, 3.63) is 0 Å². The van der Waals surface area contributed by atoms with Gasteiger partial charge in [0.1, 0.15) is 18.1 Å². The molecule has 0 spiro atoms. The lowest BCUT2D eigenvalue weighted by Gasteiger charge is -2.29. The largest absolute Gasteiger partial charge is 0.481 e. The minimum atomic E-state index is -1.14. The molecule has 11 nitrogen and oxygen atoms in total. The van der Waals surface area contributed by atoms with E-state index in [9.17, 15) is 29.1 Å². The minimum Gasteiger partial charge on any atom is -0.481 e. The number of likely N-dealkylation sites (tertiary alicyclic amines) is 1. The maximum absolute atomic E-state index is 12.9. The van der Waals surface area contributed by atoms with Crippen LogP contribution in [0.15, 0.2) is 0 Å². The third kappa shape index (κ3) is 8.37. The molecule has 1 rings (SSSR count). The van der Waals surface area contributed by atoms with E-state index in [1.807, 2.05) is 13.8 Å². The number of carbonyl (C=O) groups is 5. The smallest absolute Gasteiger partial charge is 0.326 e. The van der Waals surface area contributed by atoms with Gasteiger partial charge in [0.25, 0.3) is 0 Å². The monoisotopic (exact) mass is 460 g/mol. The number of carboxylic acids is 2.